The summed E-state index contributed by atoms with van der Waals surface area (Å²) in [6.45, 7) is 5.86. The summed E-state index contributed by atoms with van der Waals surface area (Å²) in [5.41, 5.74) is 4.28. The molecule has 2 N–H and O–H groups in total. The van der Waals surface area contributed by atoms with E-state index >= 15 is 0 Å². The van der Waals surface area contributed by atoms with Crippen LogP contribution in [0.2, 0.25) is 0 Å². The molecule has 0 saturated carbocycles. The number of piperazine rings is 1. The van der Waals surface area contributed by atoms with E-state index in [1.54, 1.807) is 6.92 Å². The molecule has 20 heavy (non-hydrogen) atoms. The molecule has 3 rings (SSSR count). The fourth-order valence-corrected chi connectivity index (χ4v) is 3.38. The van der Waals surface area contributed by atoms with Gasteiger partial charge in [0.2, 0.25) is 5.91 Å². The highest BCUT2D eigenvalue weighted by Crippen LogP contribution is 2.30. The first kappa shape index (κ1) is 13.4. The molecule has 0 spiro atoms. The first-order chi connectivity index (χ1) is 9.74. The third-order valence-corrected chi connectivity index (χ3v) is 4.33. The lowest BCUT2D eigenvalue weighted by Gasteiger charge is -2.34. The normalized spacial score (nSPS) is 22.2. The van der Waals surface area contributed by atoms with Gasteiger partial charge in [-0.3, -0.25) is 4.79 Å². The van der Waals surface area contributed by atoms with Crippen molar-refractivity contribution in [3.63, 3.8) is 0 Å². The van der Waals surface area contributed by atoms with E-state index in [1.807, 2.05) is 0 Å². The molecule has 1 heterocycles. The Morgan fingerprint density at radius 3 is 2.90 bits per heavy atom. The summed E-state index contributed by atoms with van der Waals surface area (Å²) < 4.78 is 0. The zero-order valence-electron chi connectivity index (χ0n) is 12.1. The van der Waals surface area contributed by atoms with Crippen molar-refractivity contribution in [2.75, 3.05) is 31.1 Å². The van der Waals surface area contributed by atoms with Crippen LogP contribution in [0.3, 0.4) is 0 Å². The maximum absolute atomic E-state index is 11.3. The highest BCUT2D eigenvalue weighted by Gasteiger charge is 2.23. The van der Waals surface area contributed by atoms with Gasteiger partial charge < -0.3 is 15.5 Å². The number of carbonyl (C=O) groups excluding carboxylic acids is 1. The van der Waals surface area contributed by atoms with Gasteiger partial charge in [0.05, 0.1) is 0 Å². The monoisotopic (exact) mass is 273 g/mol. The topological polar surface area (TPSA) is 44.4 Å². The SMILES string of the molecule is CC(=O)N[C@@H]1CCc2cccc(N3CCNCC3)c2C1. The van der Waals surface area contributed by atoms with Crippen LogP contribution in [0.15, 0.2) is 18.2 Å². The molecule has 0 aromatic heterocycles. The molecule has 1 aromatic rings. The molecule has 1 aromatic carbocycles. The summed E-state index contributed by atoms with van der Waals surface area (Å²) in [6.07, 6.45) is 3.09. The number of hydrogen-bond acceptors (Lipinski definition) is 3. The van der Waals surface area contributed by atoms with E-state index in [4.69, 9.17) is 0 Å². The second kappa shape index (κ2) is 5.83. The summed E-state index contributed by atoms with van der Waals surface area (Å²) in [4.78, 5) is 13.8. The number of anilines is 1. The molecule has 1 aliphatic carbocycles. The minimum atomic E-state index is 0.0816. The highest BCUT2D eigenvalue weighted by atomic mass is 16.1. The lowest BCUT2D eigenvalue weighted by Crippen LogP contribution is -2.44. The quantitative estimate of drug-likeness (QED) is 0.848. The number of carbonyl (C=O) groups is 1. The van der Waals surface area contributed by atoms with Crippen molar-refractivity contribution in [2.24, 2.45) is 0 Å². The van der Waals surface area contributed by atoms with Crippen molar-refractivity contribution in [2.45, 2.75) is 32.2 Å². The smallest absolute Gasteiger partial charge is 0.217 e. The number of benzene rings is 1. The molecule has 1 atom stereocenters. The maximum Gasteiger partial charge on any atom is 0.217 e. The lowest BCUT2D eigenvalue weighted by atomic mass is 9.86. The predicted molar refractivity (Wildman–Crippen MR) is 81.2 cm³/mol. The van der Waals surface area contributed by atoms with Crippen molar-refractivity contribution >= 4 is 11.6 Å². The number of aryl methyl sites for hydroxylation is 1. The average Bonchev–Trinajstić information content (AvgIpc) is 2.47. The van der Waals surface area contributed by atoms with E-state index < -0.39 is 0 Å². The fraction of sp³-hybridized carbons (Fsp3) is 0.562. The molecule has 0 radical (unpaired) electrons. The molecule has 1 fully saturated rings. The molecule has 108 valence electrons. The van der Waals surface area contributed by atoms with Gasteiger partial charge in [-0.25, -0.2) is 0 Å². The Hall–Kier alpha value is -1.55. The second-order valence-corrected chi connectivity index (χ2v) is 5.79. The Balaban J connectivity index is 1.84. The van der Waals surface area contributed by atoms with Gasteiger partial charge in [0.1, 0.15) is 0 Å². The standard InChI is InChI=1S/C16H23N3O/c1-12(20)18-14-6-5-13-3-2-4-16(15(13)11-14)19-9-7-17-8-10-19/h2-4,14,17H,5-11H2,1H3,(H,18,20)/t14-/m1/s1. The highest BCUT2D eigenvalue weighted by molar-refractivity contribution is 5.73. The van der Waals surface area contributed by atoms with Crippen molar-refractivity contribution in [3.8, 4) is 0 Å². The second-order valence-electron chi connectivity index (χ2n) is 5.79. The predicted octanol–water partition coefficient (Wildman–Crippen LogP) is 1.09. The van der Waals surface area contributed by atoms with Crippen molar-refractivity contribution in [1.82, 2.24) is 10.6 Å². The third kappa shape index (κ3) is 2.80. The molecule has 0 bridgehead atoms. The van der Waals surface area contributed by atoms with Crippen LogP contribution in [-0.4, -0.2) is 38.1 Å². The summed E-state index contributed by atoms with van der Waals surface area (Å²) >= 11 is 0. The average molecular weight is 273 g/mol. The van der Waals surface area contributed by atoms with E-state index in [2.05, 4.69) is 33.7 Å². The number of nitrogens with zero attached hydrogens (tertiary/aromatic N) is 1. The van der Waals surface area contributed by atoms with Gasteiger partial charge in [-0.05, 0) is 36.5 Å². The van der Waals surface area contributed by atoms with Crippen LogP contribution in [0.4, 0.5) is 5.69 Å². The van der Waals surface area contributed by atoms with Gasteiger partial charge in [0.25, 0.3) is 0 Å². The summed E-state index contributed by atoms with van der Waals surface area (Å²) in [7, 11) is 0. The lowest BCUT2D eigenvalue weighted by molar-refractivity contribution is -0.119. The van der Waals surface area contributed by atoms with Crippen molar-refractivity contribution in [1.29, 1.82) is 0 Å². The largest absolute Gasteiger partial charge is 0.369 e. The van der Waals surface area contributed by atoms with E-state index in [0.717, 1.165) is 45.4 Å². The van der Waals surface area contributed by atoms with Crippen LogP contribution in [0.1, 0.15) is 24.5 Å². The molecule has 4 heteroatoms. The van der Waals surface area contributed by atoms with Crippen LogP contribution in [-0.2, 0) is 17.6 Å². The molecule has 1 saturated heterocycles. The number of rotatable bonds is 2. The Labute approximate surface area is 120 Å². The Morgan fingerprint density at radius 2 is 2.15 bits per heavy atom. The molecule has 1 amide bonds. The van der Waals surface area contributed by atoms with Gasteiger partial charge >= 0.3 is 0 Å². The van der Waals surface area contributed by atoms with Crippen LogP contribution in [0.25, 0.3) is 0 Å². The first-order valence-corrected chi connectivity index (χ1v) is 7.57. The van der Waals surface area contributed by atoms with E-state index in [1.165, 1.54) is 16.8 Å². The number of hydrogen-bond donors (Lipinski definition) is 2. The first-order valence-electron chi connectivity index (χ1n) is 7.57. The molecule has 0 unspecified atom stereocenters. The fourth-order valence-electron chi connectivity index (χ4n) is 3.38. The van der Waals surface area contributed by atoms with E-state index in [9.17, 15) is 4.79 Å². The number of fused-ring (bicyclic) bond motifs is 1. The Bertz CT molecular complexity index is 494. The third-order valence-electron chi connectivity index (χ3n) is 4.33. The van der Waals surface area contributed by atoms with Gasteiger partial charge in [0, 0.05) is 44.8 Å². The van der Waals surface area contributed by atoms with Crippen molar-refractivity contribution < 1.29 is 4.79 Å². The zero-order valence-corrected chi connectivity index (χ0v) is 12.1. The van der Waals surface area contributed by atoms with Crippen molar-refractivity contribution in [3.05, 3.63) is 29.3 Å². The van der Waals surface area contributed by atoms with E-state index in [-0.39, 0.29) is 5.91 Å². The molecule has 2 aliphatic rings. The molecule has 1 aliphatic heterocycles. The molecular formula is C16H23N3O. The van der Waals surface area contributed by atoms with Gasteiger partial charge in [-0.2, -0.15) is 0 Å². The van der Waals surface area contributed by atoms with Gasteiger partial charge in [-0.1, -0.05) is 12.1 Å². The Kier molecular flexibility index (Phi) is 3.92. The minimum absolute atomic E-state index is 0.0816. The van der Waals surface area contributed by atoms with Gasteiger partial charge in [0.15, 0.2) is 0 Å². The van der Waals surface area contributed by atoms with E-state index in [0.29, 0.717) is 6.04 Å². The number of nitrogens with one attached hydrogen (secondary N) is 2. The summed E-state index contributed by atoms with van der Waals surface area (Å²) in [5.74, 6) is 0.0816. The van der Waals surface area contributed by atoms with Crippen LogP contribution >= 0.6 is 0 Å². The summed E-state index contributed by atoms with van der Waals surface area (Å²) in [5, 5.41) is 6.48. The molecular weight excluding hydrogens is 250 g/mol. The molecule has 4 nitrogen and oxygen atoms in total. The summed E-state index contributed by atoms with van der Waals surface area (Å²) in [6, 6.07) is 6.95. The Morgan fingerprint density at radius 1 is 1.35 bits per heavy atom. The maximum atomic E-state index is 11.3. The van der Waals surface area contributed by atoms with Crippen LogP contribution in [0.5, 0.6) is 0 Å². The minimum Gasteiger partial charge on any atom is -0.369 e. The van der Waals surface area contributed by atoms with Gasteiger partial charge in [-0.15, -0.1) is 0 Å². The number of amides is 1. The van der Waals surface area contributed by atoms with Crippen LogP contribution < -0.4 is 15.5 Å². The zero-order chi connectivity index (χ0) is 13.9. The van der Waals surface area contributed by atoms with Crippen LogP contribution in [0, 0.1) is 0 Å².